The number of carbonyl (C=O) groups excluding carboxylic acids is 1. The molecular weight excluding hydrogens is 554 g/mol. The van der Waals surface area contributed by atoms with E-state index in [1.54, 1.807) is 0 Å². The van der Waals surface area contributed by atoms with Crippen molar-refractivity contribution in [1.29, 1.82) is 0 Å². The normalized spacial score (nSPS) is 16.4. The summed E-state index contributed by atoms with van der Waals surface area (Å²) in [5, 5.41) is 13.1. The molecule has 1 aromatic carbocycles. The van der Waals surface area contributed by atoms with Crippen LogP contribution in [0.4, 0.5) is 0 Å². The molecule has 0 atom stereocenters. The fourth-order valence-corrected chi connectivity index (χ4v) is 5.60. The summed E-state index contributed by atoms with van der Waals surface area (Å²) in [4.78, 5) is 28.5. The second-order valence-electron chi connectivity index (χ2n) is 11.2. The molecular formula is C33H52ClN3O5. The molecule has 0 radical (unpaired) electrons. The van der Waals surface area contributed by atoms with Crippen LogP contribution in [-0.4, -0.2) is 55.3 Å². The molecule has 236 valence electrons. The first-order chi connectivity index (χ1) is 20.5. The van der Waals surface area contributed by atoms with E-state index in [2.05, 4.69) is 33.3 Å². The summed E-state index contributed by atoms with van der Waals surface area (Å²) in [6.07, 6.45) is 22.7. The quantitative estimate of drug-likeness (QED) is 0.0794. The SMILES string of the molecule is C/C=C\CCCC(=O)NCCCN1CCC(CCCO[N+](=O)[O-])CC1.Clc1cccc(OCC/C=C/C2CCCC2)c1. The molecule has 1 amide bonds. The maximum atomic E-state index is 11.7. The number of ether oxygens (including phenoxy) is 1. The van der Waals surface area contributed by atoms with Crippen LogP contribution >= 0.6 is 11.6 Å². The summed E-state index contributed by atoms with van der Waals surface area (Å²) in [6, 6.07) is 7.55. The number of nitrogens with one attached hydrogen (secondary N) is 1. The highest BCUT2D eigenvalue weighted by molar-refractivity contribution is 6.30. The minimum Gasteiger partial charge on any atom is -0.493 e. The van der Waals surface area contributed by atoms with E-state index in [0.29, 0.717) is 12.3 Å². The lowest BCUT2D eigenvalue weighted by Crippen LogP contribution is -2.36. The molecule has 1 aliphatic heterocycles. The highest BCUT2D eigenvalue weighted by Gasteiger charge is 2.18. The zero-order chi connectivity index (χ0) is 30.3. The van der Waals surface area contributed by atoms with Gasteiger partial charge in [-0.2, -0.15) is 0 Å². The highest BCUT2D eigenvalue weighted by atomic mass is 35.5. The summed E-state index contributed by atoms with van der Waals surface area (Å²) in [7, 11) is 0. The summed E-state index contributed by atoms with van der Waals surface area (Å²) >= 11 is 5.88. The first kappa shape index (κ1) is 35.6. The van der Waals surface area contributed by atoms with E-state index in [4.69, 9.17) is 16.3 Å². The number of halogens is 1. The molecule has 0 unspecified atom stereocenters. The number of piperidine rings is 1. The zero-order valence-corrected chi connectivity index (χ0v) is 26.3. The molecule has 1 heterocycles. The van der Waals surface area contributed by atoms with Gasteiger partial charge in [0.15, 0.2) is 0 Å². The van der Waals surface area contributed by atoms with E-state index in [1.807, 2.05) is 37.3 Å². The average molecular weight is 606 g/mol. The fourth-order valence-electron chi connectivity index (χ4n) is 5.42. The Kier molecular flexibility index (Phi) is 19.5. The third-order valence-corrected chi connectivity index (χ3v) is 8.04. The van der Waals surface area contributed by atoms with E-state index >= 15 is 0 Å². The van der Waals surface area contributed by atoms with Gasteiger partial charge in [-0.1, -0.05) is 54.8 Å². The van der Waals surface area contributed by atoms with Gasteiger partial charge >= 0.3 is 0 Å². The molecule has 8 nitrogen and oxygen atoms in total. The van der Waals surface area contributed by atoms with Gasteiger partial charge in [0.05, 0.1) is 13.2 Å². The molecule has 1 aliphatic carbocycles. The molecule has 3 rings (SSSR count). The lowest BCUT2D eigenvalue weighted by molar-refractivity contribution is -0.757. The van der Waals surface area contributed by atoms with Gasteiger partial charge in [-0.15, -0.1) is 10.1 Å². The molecule has 0 bridgehead atoms. The largest absolute Gasteiger partial charge is 0.493 e. The number of hydrogen-bond acceptors (Lipinski definition) is 6. The smallest absolute Gasteiger partial charge is 0.294 e. The Morgan fingerprint density at radius 2 is 1.88 bits per heavy atom. The number of amides is 1. The Morgan fingerprint density at radius 1 is 1.10 bits per heavy atom. The number of benzene rings is 1. The number of rotatable bonds is 18. The van der Waals surface area contributed by atoms with E-state index in [-0.39, 0.29) is 12.5 Å². The summed E-state index contributed by atoms with van der Waals surface area (Å²) < 4.78 is 5.62. The molecule has 1 saturated carbocycles. The maximum absolute atomic E-state index is 11.7. The Bertz CT molecular complexity index is 928. The number of nitrogens with zero attached hydrogens (tertiary/aromatic N) is 2. The van der Waals surface area contributed by atoms with Crippen molar-refractivity contribution in [1.82, 2.24) is 10.2 Å². The zero-order valence-electron chi connectivity index (χ0n) is 25.5. The molecule has 0 spiro atoms. The van der Waals surface area contributed by atoms with Gasteiger partial charge in [-0.3, -0.25) is 4.79 Å². The van der Waals surface area contributed by atoms with Crippen molar-refractivity contribution in [2.75, 3.05) is 39.4 Å². The Labute approximate surface area is 258 Å². The number of carbonyl (C=O) groups is 1. The topological polar surface area (TPSA) is 93.9 Å². The minimum absolute atomic E-state index is 0.153. The van der Waals surface area contributed by atoms with Crippen LogP contribution in [-0.2, 0) is 9.63 Å². The summed E-state index contributed by atoms with van der Waals surface area (Å²) in [5.41, 5.74) is 0. The number of unbranched alkanes of at least 4 members (excludes halogenated alkanes) is 1. The lowest BCUT2D eigenvalue weighted by atomic mass is 9.92. The Morgan fingerprint density at radius 3 is 2.60 bits per heavy atom. The van der Waals surface area contributed by atoms with Crippen LogP contribution in [0.3, 0.4) is 0 Å². The molecule has 2 aliphatic rings. The van der Waals surface area contributed by atoms with Crippen LogP contribution in [0.5, 0.6) is 5.75 Å². The fraction of sp³-hybridized carbons (Fsp3) is 0.667. The van der Waals surface area contributed by atoms with Crippen LogP contribution in [0.2, 0.25) is 5.02 Å². The molecule has 2 fully saturated rings. The van der Waals surface area contributed by atoms with E-state index in [0.717, 1.165) is 101 Å². The van der Waals surface area contributed by atoms with Gasteiger partial charge in [0.25, 0.3) is 5.09 Å². The number of allylic oxidation sites excluding steroid dienone is 3. The van der Waals surface area contributed by atoms with Crippen molar-refractivity contribution in [3.8, 4) is 5.75 Å². The van der Waals surface area contributed by atoms with Crippen LogP contribution in [0.25, 0.3) is 0 Å². The minimum atomic E-state index is -0.719. The van der Waals surface area contributed by atoms with Crippen molar-refractivity contribution >= 4 is 17.5 Å². The first-order valence-electron chi connectivity index (χ1n) is 15.9. The summed E-state index contributed by atoms with van der Waals surface area (Å²) in [5.74, 6) is 2.48. The van der Waals surface area contributed by atoms with Crippen molar-refractivity contribution < 1.29 is 19.5 Å². The predicted molar refractivity (Wildman–Crippen MR) is 170 cm³/mol. The van der Waals surface area contributed by atoms with E-state index in [1.165, 1.54) is 25.7 Å². The molecule has 1 N–H and O–H groups in total. The number of hydrogen-bond donors (Lipinski definition) is 1. The van der Waals surface area contributed by atoms with Crippen LogP contribution < -0.4 is 10.1 Å². The monoisotopic (exact) mass is 605 g/mol. The van der Waals surface area contributed by atoms with Crippen molar-refractivity contribution in [2.45, 2.75) is 90.4 Å². The van der Waals surface area contributed by atoms with Crippen LogP contribution in [0.15, 0.2) is 48.6 Å². The molecule has 0 aromatic heterocycles. The molecule has 9 heteroatoms. The standard InChI is InChI=1S/C18H33N3O4.C15H19ClO/c1-2-3-4-5-9-18(22)19-12-7-13-20-14-10-17(11-15-20)8-6-16-25-21(23)24;16-14-9-5-10-15(12-14)17-11-4-3-8-13-6-1-2-7-13/h2-3,17H,4-16H2,1H3,(H,19,22);3,5,8-10,12-13H,1-2,4,6-7,11H2/b3-2-;8-3+. The Hall–Kier alpha value is -2.58. The van der Waals surface area contributed by atoms with Crippen molar-refractivity contribution in [2.24, 2.45) is 11.8 Å². The second-order valence-corrected chi connectivity index (χ2v) is 11.7. The van der Waals surface area contributed by atoms with Gasteiger partial charge in [0, 0.05) is 18.0 Å². The van der Waals surface area contributed by atoms with E-state index < -0.39 is 5.09 Å². The van der Waals surface area contributed by atoms with Gasteiger partial charge < -0.3 is 19.8 Å². The van der Waals surface area contributed by atoms with Gasteiger partial charge in [0.2, 0.25) is 5.91 Å². The van der Waals surface area contributed by atoms with Gasteiger partial charge in [0.1, 0.15) is 5.75 Å². The lowest BCUT2D eigenvalue weighted by Gasteiger charge is -2.32. The predicted octanol–water partition coefficient (Wildman–Crippen LogP) is 7.79. The van der Waals surface area contributed by atoms with Crippen LogP contribution in [0, 0.1) is 22.0 Å². The van der Waals surface area contributed by atoms with Gasteiger partial charge in [-0.25, -0.2) is 0 Å². The first-order valence-corrected chi connectivity index (χ1v) is 16.3. The second kappa shape index (κ2) is 22.9. The van der Waals surface area contributed by atoms with Gasteiger partial charge in [-0.05, 0) is 121 Å². The maximum Gasteiger partial charge on any atom is 0.294 e. The molecule has 1 aromatic rings. The van der Waals surface area contributed by atoms with Crippen LogP contribution in [0.1, 0.15) is 90.4 Å². The number of likely N-dealkylation sites (tertiary alicyclic amines) is 1. The third kappa shape index (κ3) is 18.1. The highest BCUT2D eigenvalue weighted by Crippen LogP contribution is 2.26. The van der Waals surface area contributed by atoms with E-state index in [9.17, 15) is 14.9 Å². The molecule has 1 saturated heterocycles. The average Bonchev–Trinajstić information content (AvgIpc) is 3.50. The Balaban J connectivity index is 0.000000314. The summed E-state index contributed by atoms with van der Waals surface area (Å²) in [6.45, 7) is 6.87. The van der Waals surface area contributed by atoms with Crippen molar-refractivity contribution in [3.63, 3.8) is 0 Å². The molecule has 42 heavy (non-hydrogen) atoms. The third-order valence-electron chi connectivity index (χ3n) is 7.80. The van der Waals surface area contributed by atoms with Crippen molar-refractivity contribution in [3.05, 3.63) is 63.7 Å².